The molecular weight excluding hydrogens is 131 g/mol. The first kappa shape index (κ1) is 7.70. The molecule has 62 valence electrons. The lowest BCUT2D eigenvalue weighted by Gasteiger charge is -2.27. The highest BCUT2D eigenvalue weighted by atomic mass is 14.4. The van der Waals surface area contributed by atoms with Crippen molar-refractivity contribution in [1.82, 2.24) is 0 Å². The van der Waals surface area contributed by atoms with E-state index in [-0.39, 0.29) is 0 Å². The number of hydrogen-bond donors (Lipinski definition) is 0. The summed E-state index contributed by atoms with van der Waals surface area (Å²) in [6.07, 6.45) is 7.66. The zero-order chi connectivity index (χ0) is 7.84. The monoisotopic (exact) mass is 150 g/mol. The van der Waals surface area contributed by atoms with Crippen LogP contribution >= 0.6 is 0 Å². The lowest BCUT2D eigenvalue weighted by Crippen LogP contribution is -2.23. The fourth-order valence-corrected chi connectivity index (χ4v) is 3.29. The maximum absolute atomic E-state index is 2.43. The number of hydrogen-bond acceptors (Lipinski definition) is 0. The van der Waals surface area contributed by atoms with E-state index in [1.165, 1.54) is 31.9 Å². The third-order valence-electron chi connectivity index (χ3n) is 3.81. The molecule has 1 saturated carbocycles. The molecular formula is C10H19B. The Balaban J connectivity index is 1.97. The van der Waals surface area contributed by atoms with Gasteiger partial charge < -0.3 is 0 Å². The molecule has 1 heteroatoms. The van der Waals surface area contributed by atoms with Gasteiger partial charge >= 0.3 is 0 Å². The first-order chi connectivity index (χ1) is 5.25. The fraction of sp³-hybridized carbons (Fsp3) is 1.00. The second-order valence-electron chi connectivity index (χ2n) is 5.01. The summed E-state index contributed by atoms with van der Waals surface area (Å²) in [6.45, 7) is 5.89. The van der Waals surface area contributed by atoms with Crippen LogP contribution in [0.15, 0.2) is 0 Å². The van der Waals surface area contributed by atoms with Crippen molar-refractivity contribution >= 4 is 6.71 Å². The molecule has 11 heavy (non-hydrogen) atoms. The highest BCUT2D eigenvalue weighted by Gasteiger charge is 2.36. The van der Waals surface area contributed by atoms with Gasteiger partial charge in [0.25, 0.3) is 0 Å². The Morgan fingerprint density at radius 1 is 1.18 bits per heavy atom. The summed E-state index contributed by atoms with van der Waals surface area (Å²) in [4.78, 5) is 0. The molecule has 0 aromatic carbocycles. The summed E-state index contributed by atoms with van der Waals surface area (Å²) >= 11 is 0. The largest absolute Gasteiger partial charge is 0.136 e. The van der Waals surface area contributed by atoms with Gasteiger partial charge in [0.1, 0.15) is 6.71 Å². The van der Waals surface area contributed by atoms with Gasteiger partial charge in [0.15, 0.2) is 0 Å². The van der Waals surface area contributed by atoms with Crippen LogP contribution in [0.3, 0.4) is 0 Å². The highest BCUT2D eigenvalue weighted by molar-refractivity contribution is 6.57. The molecule has 2 fully saturated rings. The quantitative estimate of drug-likeness (QED) is 0.465. The van der Waals surface area contributed by atoms with E-state index in [4.69, 9.17) is 0 Å². The second kappa shape index (κ2) is 2.84. The van der Waals surface area contributed by atoms with Crippen molar-refractivity contribution in [3.05, 3.63) is 0 Å². The Kier molecular flexibility index (Phi) is 1.99. The molecule has 0 spiro atoms. The van der Waals surface area contributed by atoms with Gasteiger partial charge in [0.2, 0.25) is 0 Å². The van der Waals surface area contributed by atoms with E-state index in [9.17, 15) is 0 Å². The van der Waals surface area contributed by atoms with Crippen molar-refractivity contribution < 1.29 is 0 Å². The highest BCUT2D eigenvalue weighted by Crippen LogP contribution is 2.45. The summed E-state index contributed by atoms with van der Waals surface area (Å²) < 4.78 is 0. The van der Waals surface area contributed by atoms with E-state index < -0.39 is 0 Å². The molecule has 1 aliphatic heterocycles. The van der Waals surface area contributed by atoms with Crippen LogP contribution in [0.25, 0.3) is 0 Å². The van der Waals surface area contributed by atoms with E-state index in [0.29, 0.717) is 0 Å². The Morgan fingerprint density at radius 3 is 2.73 bits per heavy atom. The summed E-state index contributed by atoms with van der Waals surface area (Å²) in [5.74, 6) is 3.28. The second-order valence-corrected chi connectivity index (χ2v) is 5.01. The summed E-state index contributed by atoms with van der Waals surface area (Å²) in [5, 5.41) is 0. The molecule has 1 heterocycles. The summed E-state index contributed by atoms with van der Waals surface area (Å²) in [5.41, 5.74) is 0. The minimum Gasteiger partial charge on any atom is -0.0861 e. The van der Waals surface area contributed by atoms with E-state index in [2.05, 4.69) is 13.7 Å². The van der Waals surface area contributed by atoms with E-state index in [1.54, 1.807) is 0 Å². The van der Waals surface area contributed by atoms with Crippen molar-refractivity contribution in [2.45, 2.75) is 45.6 Å². The number of fused-ring (bicyclic) bond motifs is 1. The van der Waals surface area contributed by atoms with Crippen molar-refractivity contribution in [3.8, 4) is 0 Å². The molecule has 3 atom stereocenters. The van der Waals surface area contributed by atoms with Gasteiger partial charge in [-0.2, -0.15) is 0 Å². The maximum Gasteiger partial charge on any atom is 0.136 e. The van der Waals surface area contributed by atoms with Gasteiger partial charge in [0.05, 0.1) is 0 Å². The molecule has 0 radical (unpaired) electrons. The Morgan fingerprint density at radius 2 is 1.91 bits per heavy atom. The third kappa shape index (κ3) is 1.48. The zero-order valence-electron chi connectivity index (χ0n) is 7.84. The Hall–Kier alpha value is 0.0649. The minimum atomic E-state index is 1.03. The molecule has 0 amide bonds. The predicted molar refractivity (Wildman–Crippen MR) is 51.2 cm³/mol. The SMILES string of the molecule is CB1CCC2CC(C)CC2C1. The number of rotatable bonds is 0. The van der Waals surface area contributed by atoms with Crippen molar-refractivity contribution in [3.63, 3.8) is 0 Å². The summed E-state index contributed by atoms with van der Waals surface area (Å²) in [7, 11) is 0. The van der Waals surface area contributed by atoms with Crippen LogP contribution in [0, 0.1) is 17.8 Å². The third-order valence-corrected chi connectivity index (χ3v) is 3.81. The molecule has 0 nitrogen and oxygen atoms in total. The lowest BCUT2D eigenvalue weighted by atomic mass is 9.40. The normalized spacial score (nSPS) is 44.2. The van der Waals surface area contributed by atoms with Gasteiger partial charge in [-0.05, 0) is 30.6 Å². The molecule has 3 unspecified atom stereocenters. The topological polar surface area (TPSA) is 0 Å². The smallest absolute Gasteiger partial charge is 0.0861 e. The molecule has 1 saturated heterocycles. The van der Waals surface area contributed by atoms with Crippen molar-refractivity contribution in [1.29, 1.82) is 0 Å². The van der Waals surface area contributed by atoms with Gasteiger partial charge in [0, 0.05) is 0 Å². The van der Waals surface area contributed by atoms with Crippen LogP contribution in [-0.2, 0) is 0 Å². The standard InChI is InChI=1S/C10H19B/c1-8-5-9-3-4-11(2)7-10(9)6-8/h8-10H,3-7H2,1-2H3. The molecule has 1 aliphatic carbocycles. The van der Waals surface area contributed by atoms with Crippen LogP contribution in [0.4, 0.5) is 0 Å². The van der Waals surface area contributed by atoms with Crippen LogP contribution in [0.1, 0.15) is 26.2 Å². The Labute approximate surface area is 70.8 Å². The maximum atomic E-state index is 2.43. The van der Waals surface area contributed by atoms with E-state index in [1.807, 2.05) is 0 Å². The van der Waals surface area contributed by atoms with Crippen LogP contribution < -0.4 is 0 Å². The minimum absolute atomic E-state index is 1.03. The van der Waals surface area contributed by atoms with Crippen molar-refractivity contribution in [2.75, 3.05) is 0 Å². The molecule has 0 aromatic heterocycles. The van der Waals surface area contributed by atoms with Crippen LogP contribution in [0.2, 0.25) is 19.5 Å². The van der Waals surface area contributed by atoms with Crippen LogP contribution in [0.5, 0.6) is 0 Å². The first-order valence-corrected chi connectivity index (χ1v) is 5.25. The zero-order valence-corrected chi connectivity index (χ0v) is 7.84. The van der Waals surface area contributed by atoms with Gasteiger partial charge in [-0.3, -0.25) is 0 Å². The lowest BCUT2D eigenvalue weighted by molar-refractivity contribution is 0.386. The van der Waals surface area contributed by atoms with Crippen LogP contribution in [-0.4, -0.2) is 6.71 Å². The van der Waals surface area contributed by atoms with Gasteiger partial charge in [-0.15, -0.1) is 0 Å². The van der Waals surface area contributed by atoms with Crippen molar-refractivity contribution in [2.24, 2.45) is 17.8 Å². The van der Waals surface area contributed by atoms with Gasteiger partial charge in [-0.1, -0.05) is 32.8 Å². The van der Waals surface area contributed by atoms with E-state index >= 15 is 0 Å². The van der Waals surface area contributed by atoms with Gasteiger partial charge in [-0.25, -0.2) is 0 Å². The van der Waals surface area contributed by atoms with E-state index in [0.717, 1.165) is 24.5 Å². The molecule has 0 N–H and O–H groups in total. The molecule has 0 aromatic rings. The Bertz CT molecular complexity index is 144. The predicted octanol–water partition coefficient (Wildman–Crippen LogP) is 3.18. The molecule has 2 aliphatic rings. The average molecular weight is 150 g/mol. The fourth-order valence-electron chi connectivity index (χ4n) is 3.29. The summed E-state index contributed by atoms with van der Waals surface area (Å²) in [6, 6.07) is 0. The molecule has 0 bridgehead atoms. The molecule has 2 rings (SSSR count). The first-order valence-electron chi connectivity index (χ1n) is 5.25. The average Bonchev–Trinajstić information content (AvgIpc) is 2.27.